The summed E-state index contributed by atoms with van der Waals surface area (Å²) in [7, 11) is 0. The highest BCUT2D eigenvalue weighted by Gasteiger charge is 2.21. The standard InChI is InChI=1S/C13H24FN/c1-10(2)15(11(3)4)13(14)12-8-6-5-7-9-12/h10-11H,5-9H2,1-4H3. The molecule has 0 heterocycles. The van der Waals surface area contributed by atoms with Gasteiger partial charge in [-0.3, -0.25) is 0 Å². The Morgan fingerprint density at radius 2 is 1.47 bits per heavy atom. The monoisotopic (exact) mass is 213 g/mol. The number of hydrogen-bond acceptors (Lipinski definition) is 1. The van der Waals surface area contributed by atoms with Crippen molar-refractivity contribution >= 4 is 0 Å². The molecule has 1 aliphatic carbocycles. The molecule has 1 saturated carbocycles. The van der Waals surface area contributed by atoms with E-state index in [4.69, 9.17) is 0 Å². The lowest BCUT2D eigenvalue weighted by atomic mass is 9.95. The quantitative estimate of drug-likeness (QED) is 0.633. The number of rotatable bonds is 3. The normalized spacial score (nSPS) is 17.4. The van der Waals surface area contributed by atoms with Gasteiger partial charge in [-0.25, -0.2) is 0 Å². The van der Waals surface area contributed by atoms with Crippen LogP contribution in [0.25, 0.3) is 0 Å². The fourth-order valence-electron chi connectivity index (χ4n) is 2.42. The van der Waals surface area contributed by atoms with Crippen LogP contribution >= 0.6 is 0 Å². The molecule has 0 radical (unpaired) electrons. The molecule has 15 heavy (non-hydrogen) atoms. The highest BCUT2D eigenvalue weighted by molar-refractivity contribution is 5.10. The summed E-state index contributed by atoms with van der Waals surface area (Å²) >= 11 is 0. The Kier molecular flexibility index (Phi) is 4.62. The Bertz CT molecular complexity index is 215. The first-order valence-corrected chi connectivity index (χ1v) is 6.20. The zero-order valence-corrected chi connectivity index (χ0v) is 10.5. The molecule has 1 rings (SSSR count). The van der Waals surface area contributed by atoms with Gasteiger partial charge in [-0.15, -0.1) is 0 Å². The van der Waals surface area contributed by atoms with E-state index >= 15 is 0 Å². The lowest BCUT2D eigenvalue weighted by Gasteiger charge is -2.33. The van der Waals surface area contributed by atoms with Crippen molar-refractivity contribution in [1.82, 2.24) is 4.90 Å². The topological polar surface area (TPSA) is 3.24 Å². The average molecular weight is 213 g/mol. The number of allylic oxidation sites excluding steroid dienone is 1. The molecule has 0 saturated heterocycles. The molecule has 0 N–H and O–H groups in total. The molecule has 2 heteroatoms. The van der Waals surface area contributed by atoms with Crippen LogP contribution in [0.4, 0.5) is 4.39 Å². The molecule has 0 bridgehead atoms. The van der Waals surface area contributed by atoms with Gasteiger partial charge in [-0.2, -0.15) is 4.39 Å². The minimum Gasteiger partial charge on any atom is -0.344 e. The van der Waals surface area contributed by atoms with Gasteiger partial charge in [0.1, 0.15) is 0 Å². The first kappa shape index (κ1) is 12.5. The van der Waals surface area contributed by atoms with Crippen molar-refractivity contribution in [3.05, 3.63) is 11.5 Å². The molecule has 0 spiro atoms. The van der Waals surface area contributed by atoms with Gasteiger partial charge in [0.05, 0.1) is 0 Å². The van der Waals surface area contributed by atoms with E-state index in [1.807, 2.05) is 4.90 Å². The van der Waals surface area contributed by atoms with Crippen molar-refractivity contribution < 1.29 is 4.39 Å². The summed E-state index contributed by atoms with van der Waals surface area (Å²) < 4.78 is 14.3. The van der Waals surface area contributed by atoms with Crippen molar-refractivity contribution in [2.75, 3.05) is 0 Å². The van der Waals surface area contributed by atoms with Crippen LogP contribution in [0.15, 0.2) is 11.5 Å². The Balaban J connectivity index is 2.81. The van der Waals surface area contributed by atoms with E-state index in [-0.39, 0.29) is 18.0 Å². The third-order valence-corrected chi connectivity index (χ3v) is 3.09. The SMILES string of the molecule is CC(C)N(C(F)=C1CCCCC1)C(C)C. The zero-order valence-electron chi connectivity index (χ0n) is 10.5. The van der Waals surface area contributed by atoms with Gasteiger partial charge >= 0.3 is 0 Å². The van der Waals surface area contributed by atoms with Gasteiger partial charge in [-0.1, -0.05) is 6.42 Å². The van der Waals surface area contributed by atoms with E-state index in [9.17, 15) is 4.39 Å². The van der Waals surface area contributed by atoms with Crippen LogP contribution in [-0.4, -0.2) is 17.0 Å². The van der Waals surface area contributed by atoms with Gasteiger partial charge < -0.3 is 4.90 Å². The Morgan fingerprint density at radius 1 is 1.00 bits per heavy atom. The molecule has 0 aromatic heterocycles. The van der Waals surface area contributed by atoms with Crippen molar-refractivity contribution in [3.63, 3.8) is 0 Å². The molecule has 0 aromatic carbocycles. The predicted octanol–water partition coefficient (Wildman–Crippen LogP) is 4.25. The van der Waals surface area contributed by atoms with E-state index in [1.165, 1.54) is 6.42 Å². The van der Waals surface area contributed by atoms with Crippen molar-refractivity contribution in [3.8, 4) is 0 Å². The first-order valence-electron chi connectivity index (χ1n) is 6.20. The van der Waals surface area contributed by atoms with Gasteiger partial charge in [0.25, 0.3) is 0 Å². The summed E-state index contributed by atoms with van der Waals surface area (Å²) in [4.78, 5) is 1.90. The second-order valence-electron chi connectivity index (χ2n) is 5.05. The number of hydrogen-bond donors (Lipinski definition) is 0. The van der Waals surface area contributed by atoms with Crippen LogP contribution in [0.3, 0.4) is 0 Å². The van der Waals surface area contributed by atoms with E-state index in [2.05, 4.69) is 27.7 Å². The molecule has 88 valence electrons. The fraction of sp³-hybridized carbons (Fsp3) is 0.846. The molecule has 0 amide bonds. The predicted molar refractivity (Wildman–Crippen MR) is 63.3 cm³/mol. The molecular weight excluding hydrogens is 189 g/mol. The average Bonchev–Trinajstić information content (AvgIpc) is 2.18. The second-order valence-corrected chi connectivity index (χ2v) is 5.05. The molecule has 0 aromatic rings. The van der Waals surface area contributed by atoms with E-state index in [0.717, 1.165) is 31.3 Å². The highest BCUT2D eigenvalue weighted by atomic mass is 19.1. The Hall–Kier alpha value is -0.530. The van der Waals surface area contributed by atoms with Crippen molar-refractivity contribution in [2.45, 2.75) is 71.9 Å². The maximum absolute atomic E-state index is 14.3. The summed E-state index contributed by atoms with van der Waals surface area (Å²) in [6, 6.07) is 0.499. The summed E-state index contributed by atoms with van der Waals surface area (Å²) in [6.07, 6.45) is 5.50. The van der Waals surface area contributed by atoms with Crippen LogP contribution in [-0.2, 0) is 0 Å². The van der Waals surface area contributed by atoms with Crippen LogP contribution < -0.4 is 0 Å². The van der Waals surface area contributed by atoms with Gasteiger partial charge in [0.15, 0.2) is 5.95 Å². The summed E-state index contributed by atoms with van der Waals surface area (Å²) in [5.74, 6) is 0.0553. The van der Waals surface area contributed by atoms with E-state index in [0.29, 0.717) is 0 Å². The highest BCUT2D eigenvalue weighted by Crippen LogP contribution is 2.29. The van der Waals surface area contributed by atoms with Crippen molar-refractivity contribution in [1.29, 1.82) is 0 Å². The lowest BCUT2D eigenvalue weighted by Crippen LogP contribution is -2.35. The fourth-order valence-corrected chi connectivity index (χ4v) is 2.42. The van der Waals surface area contributed by atoms with E-state index in [1.54, 1.807) is 0 Å². The molecule has 1 aliphatic rings. The van der Waals surface area contributed by atoms with Gasteiger partial charge in [0.2, 0.25) is 0 Å². The Morgan fingerprint density at radius 3 is 1.87 bits per heavy atom. The lowest BCUT2D eigenvalue weighted by molar-refractivity contribution is 0.174. The summed E-state index contributed by atoms with van der Waals surface area (Å²) in [6.45, 7) is 8.23. The molecule has 1 nitrogen and oxygen atoms in total. The maximum Gasteiger partial charge on any atom is 0.189 e. The molecule has 0 aliphatic heterocycles. The molecular formula is C13H24FN. The van der Waals surface area contributed by atoms with Crippen LogP contribution in [0.1, 0.15) is 59.8 Å². The third kappa shape index (κ3) is 3.22. The number of halogens is 1. The zero-order chi connectivity index (χ0) is 11.4. The van der Waals surface area contributed by atoms with Gasteiger partial charge in [0, 0.05) is 12.1 Å². The van der Waals surface area contributed by atoms with Crippen molar-refractivity contribution in [2.24, 2.45) is 0 Å². The summed E-state index contributed by atoms with van der Waals surface area (Å²) in [5.41, 5.74) is 1.05. The molecule has 0 atom stereocenters. The molecule has 0 unspecified atom stereocenters. The van der Waals surface area contributed by atoms with Gasteiger partial charge in [-0.05, 0) is 59.0 Å². The van der Waals surface area contributed by atoms with Crippen LogP contribution in [0.5, 0.6) is 0 Å². The minimum absolute atomic E-state index is 0.0553. The number of nitrogens with zero attached hydrogens (tertiary/aromatic N) is 1. The largest absolute Gasteiger partial charge is 0.344 e. The maximum atomic E-state index is 14.3. The Labute approximate surface area is 93.3 Å². The smallest absolute Gasteiger partial charge is 0.189 e. The first-order chi connectivity index (χ1) is 7.04. The van der Waals surface area contributed by atoms with Crippen LogP contribution in [0, 0.1) is 0 Å². The second kappa shape index (κ2) is 5.53. The minimum atomic E-state index is 0.0553. The third-order valence-electron chi connectivity index (χ3n) is 3.09. The summed E-state index contributed by atoms with van der Waals surface area (Å²) in [5, 5.41) is 0. The molecule has 1 fully saturated rings. The van der Waals surface area contributed by atoms with Crippen LogP contribution in [0.2, 0.25) is 0 Å². The van der Waals surface area contributed by atoms with E-state index < -0.39 is 0 Å².